The van der Waals surface area contributed by atoms with Crippen LogP contribution >= 0.6 is 11.3 Å². The van der Waals surface area contributed by atoms with Gasteiger partial charge >= 0.3 is 0 Å². The minimum atomic E-state index is -0.696. The highest BCUT2D eigenvalue weighted by molar-refractivity contribution is 7.10. The molecule has 0 aliphatic rings. The molecule has 2 heterocycles. The van der Waals surface area contributed by atoms with Gasteiger partial charge in [-0.15, -0.1) is 11.3 Å². The molecule has 0 saturated heterocycles. The average molecular weight is 301 g/mol. The second-order valence-electron chi connectivity index (χ2n) is 4.84. The van der Waals surface area contributed by atoms with Gasteiger partial charge in [-0.05, 0) is 36.1 Å². The van der Waals surface area contributed by atoms with Crippen molar-refractivity contribution in [1.82, 2.24) is 5.32 Å². The van der Waals surface area contributed by atoms with Crippen LogP contribution in [0, 0.1) is 6.92 Å². The first kappa shape index (κ1) is 13.9. The van der Waals surface area contributed by atoms with E-state index < -0.39 is 6.10 Å². The van der Waals surface area contributed by atoms with Crippen LogP contribution in [0.25, 0.3) is 11.0 Å². The Balaban J connectivity index is 1.67. The van der Waals surface area contributed by atoms with Gasteiger partial charge in [0.2, 0.25) is 0 Å². The number of hydrogen-bond acceptors (Lipinski definition) is 4. The van der Waals surface area contributed by atoms with Crippen LogP contribution in [-0.4, -0.2) is 17.6 Å². The molecular formula is C16H15NO3S. The summed E-state index contributed by atoms with van der Waals surface area (Å²) in [6.45, 7) is 2.10. The number of rotatable bonds is 4. The third-order valence-corrected chi connectivity index (χ3v) is 4.43. The van der Waals surface area contributed by atoms with Crippen molar-refractivity contribution in [1.29, 1.82) is 0 Å². The highest BCUT2D eigenvalue weighted by atomic mass is 32.1. The molecule has 0 bridgehead atoms. The summed E-state index contributed by atoms with van der Waals surface area (Å²) in [5.74, 6) is -0.0641. The van der Waals surface area contributed by atoms with Gasteiger partial charge in [0.15, 0.2) is 5.76 Å². The Bertz CT molecular complexity index is 742. The fourth-order valence-electron chi connectivity index (χ4n) is 2.19. The fourth-order valence-corrected chi connectivity index (χ4v) is 3.10. The molecule has 0 radical (unpaired) electrons. The van der Waals surface area contributed by atoms with Crippen LogP contribution in [0.2, 0.25) is 0 Å². The quantitative estimate of drug-likeness (QED) is 0.777. The summed E-state index contributed by atoms with van der Waals surface area (Å²) in [5.41, 5.74) is 1.71. The van der Waals surface area contributed by atoms with Crippen molar-refractivity contribution in [2.75, 3.05) is 6.54 Å². The molecule has 0 saturated carbocycles. The Morgan fingerprint density at radius 3 is 2.90 bits per heavy atom. The molecule has 1 aromatic carbocycles. The molecule has 4 nitrogen and oxygen atoms in total. The zero-order valence-corrected chi connectivity index (χ0v) is 12.3. The first-order valence-corrected chi connectivity index (χ1v) is 7.52. The highest BCUT2D eigenvalue weighted by Crippen LogP contribution is 2.23. The predicted octanol–water partition coefficient (Wildman–Crippen LogP) is 3.27. The zero-order valence-electron chi connectivity index (χ0n) is 11.5. The molecular weight excluding hydrogens is 286 g/mol. The number of para-hydroxylation sites is 1. The summed E-state index contributed by atoms with van der Waals surface area (Å²) in [7, 11) is 0. The molecule has 3 aromatic rings. The second-order valence-corrected chi connectivity index (χ2v) is 5.79. The maximum absolute atomic E-state index is 12.1. The molecule has 3 rings (SSSR count). The van der Waals surface area contributed by atoms with Crippen molar-refractivity contribution >= 4 is 28.2 Å². The summed E-state index contributed by atoms with van der Waals surface area (Å²) in [5, 5.41) is 15.6. The normalized spacial score (nSPS) is 12.5. The maximum atomic E-state index is 12.1. The number of amides is 1. The van der Waals surface area contributed by atoms with Crippen molar-refractivity contribution in [3.05, 3.63) is 58.0 Å². The number of aliphatic hydroxyl groups excluding tert-OH is 1. The first-order chi connectivity index (χ1) is 10.1. The number of aryl methyl sites for hydroxylation is 1. The van der Waals surface area contributed by atoms with Gasteiger partial charge in [-0.25, -0.2) is 0 Å². The van der Waals surface area contributed by atoms with Crippen LogP contribution in [0.5, 0.6) is 0 Å². The van der Waals surface area contributed by atoms with E-state index in [2.05, 4.69) is 5.32 Å². The smallest absolute Gasteiger partial charge is 0.287 e. The molecule has 1 amide bonds. The van der Waals surface area contributed by atoms with Crippen LogP contribution in [0.3, 0.4) is 0 Å². The van der Waals surface area contributed by atoms with E-state index in [1.54, 1.807) is 6.07 Å². The molecule has 21 heavy (non-hydrogen) atoms. The molecule has 108 valence electrons. The summed E-state index contributed by atoms with van der Waals surface area (Å²) >= 11 is 1.48. The Hall–Kier alpha value is -2.11. The van der Waals surface area contributed by atoms with Gasteiger partial charge in [0.1, 0.15) is 11.7 Å². The first-order valence-electron chi connectivity index (χ1n) is 6.64. The standard InChI is InChI=1S/C16H15NO3S/c1-10-6-7-21-15(10)12(18)9-17-16(19)14-8-11-4-2-3-5-13(11)20-14/h2-8,12,18H,9H2,1H3,(H,17,19). The maximum Gasteiger partial charge on any atom is 0.287 e. The fraction of sp³-hybridized carbons (Fsp3) is 0.188. The minimum absolute atomic E-state index is 0.164. The van der Waals surface area contributed by atoms with E-state index in [9.17, 15) is 9.90 Å². The van der Waals surface area contributed by atoms with Gasteiger partial charge in [0.25, 0.3) is 5.91 Å². The molecule has 0 spiro atoms. The van der Waals surface area contributed by atoms with Crippen molar-refractivity contribution in [3.8, 4) is 0 Å². The number of furan rings is 1. The lowest BCUT2D eigenvalue weighted by atomic mass is 10.2. The molecule has 0 aliphatic heterocycles. The Kier molecular flexibility index (Phi) is 3.77. The molecule has 2 N–H and O–H groups in total. The summed E-state index contributed by atoms with van der Waals surface area (Å²) in [4.78, 5) is 12.9. The van der Waals surface area contributed by atoms with Gasteiger partial charge in [-0.1, -0.05) is 18.2 Å². The summed E-state index contributed by atoms with van der Waals surface area (Å²) < 4.78 is 5.49. The molecule has 0 fully saturated rings. The number of thiophene rings is 1. The number of hydrogen-bond donors (Lipinski definition) is 2. The summed E-state index contributed by atoms with van der Waals surface area (Å²) in [6, 6.07) is 11.1. The number of carbonyl (C=O) groups excluding carboxylic acids is 1. The second kappa shape index (κ2) is 5.71. The molecule has 1 atom stereocenters. The lowest BCUT2D eigenvalue weighted by Crippen LogP contribution is -2.27. The lowest BCUT2D eigenvalue weighted by molar-refractivity contribution is 0.0892. The van der Waals surface area contributed by atoms with Gasteiger partial charge in [-0.3, -0.25) is 4.79 Å². The summed E-state index contributed by atoms with van der Waals surface area (Å²) in [6.07, 6.45) is -0.696. The van der Waals surface area contributed by atoms with Crippen molar-refractivity contribution < 1.29 is 14.3 Å². The number of benzene rings is 1. The highest BCUT2D eigenvalue weighted by Gasteiger charge is 2.16. The van der Waals surface area contributed by atoms with Crippen molar-refractivity contribution in [2.24, 2.45) is 0 Å². The topological polar surface area (TPSA) is 62.5 Å². The third kappa shape index (κ3) is 2.84. The Labute approximate surface area is 126 Å². The SMILES string of the molecule is Cc1ccsc1C(O)CNC(=O)c1cc2ccccc2o1. The largest absolute Gasteiger partial charge is 0.451 e. The van der Waals surface area contributed by atoms with E-state index in [0.29, 0.717) is 5.58 Å². The number of aliphatic hydroxyl groups is 1. The van der Waals surface area contributed by atoms with Crippen molar-refractivity contribution in [3.63, 3.8) is 0 Å². The van der Waals surface area contributed by atoms with Gasteiger partial charge in [0, 0.05) is 16.8 Å². The van der Waals surface area contributed by atoms with Crippen LogP contribution < -0.4 is 5.32 Å². The van der Waals surface area contributed by atoms with E-state index >= 15 is 0 Å². The molecule has 5 heteroatoms. The van der Waals surface area contributed by atoms with Crippen LogP contribution in [0.15, 0.2) is 46.2 Å². The predicted molar refractivity (Wildman–Crippen MR) is 82.6 cm³/mol. The van der Waals surface area contributed by atoms with E-state index in [-0.39, 0.29) is 18.2 Å². The number of fused-ring (bicyclic) bond motifs is 1. The van der Waals surface area contributed by atoms with E-state index in [1.165, 1.54) is 11.3 Å². The van der Waals surface area contributed by atoms with Crippen LogP contribution in [0.4, 0.5) is 0 Å². The van der Waals surface area contributed by atoms with Crippen LogP contribution in [-0.2, 0) is 0 Å². The zero-order chi connectivity index (χ0) is 14.8. The van der Waals surface area contributed by atoms with Gasteiger partial charge in [-0.2, -0.15) is 0 Å². The van der Waals surface area contributed by atoms with E-state index in [0.717, 1.165) is 15.8 Å². The lowest BCUT2D eigenvalue weighted by Gasteiger charge is -2.10. The number of nitrogens with one attached hydrogen (secondary N) is 1. The van der Waals surface area contributed by atoms with Crippen molar-refractivity contribution in [2.45, 2.75) is 13.0 Å². The Morgan fingerprint density at radius 2 is 2.19 bits per heavy atom. The van der Waals surface area contributed by atoms with Gasteiger partial charge < -0.3 is 14.8 Å². The molecule has 2 aromatic heterocycles. The molecule has 0 aliphatic carbocycles. The van der Waals surface area contributed by atoms with Gasteiger partial charge in [0.05, 0.1) is 0 Å². The third-order valence-electron chi connectivity index (χ3n) is 3.31. The van der Waals surface area contributed by atoms with E-state index in [1.807, 2.05) is 42.6 Å². The molecule has 1 unspecified atom stereocenters. The minimum Gasteiger partial charge on any atom is -0.451 e. The monoisotopic (exact) mass is 301 g/mol. The average Bonchev–Trinajstić information content (AvgIpc) is 3.10. The Morgan fingerprint density at radius 1 is 1.38 bits per heavy atom. The van der Waals surface area contributed by atoms with E-state index in [4.69, 9.17) is 4.42 Å². The number of carbonyl (C=O) groups is 1. The van der Waals surface area contributed by atoms with Crippen LogP contribution in [0.1, 0.15) is 27.1 Å².